The number of rotatable bonds is 1. The van der Waals surface area contributed by atoms with Crippen molar-refractivity contribution in [3.05, 3.63) is 0 Å². The molecule has 0 amide bonds. The van der Waals surface area contributed by atoms with Crippen LogP contribution in [-0.2, 0) is 0 Å². The molecule has 7 heavy (non-hydrogen) atoms. The SMILES string of the molecule is OC1CN(C=S)C1. The standard InChI is InChI=1S/C4H7NOS/c6-4-1-5(2-4)3-7/h3-4,6H,1-2H2. The molecule has 1 N–H and O–H groups in total. The van der Waals surface area contributed by atoms with E-state index in [9.17, 15) is 0 Å². The minimum absolute atomic E-state index is 0.126. The Kier molecular flexibility index (Phi) is 1.25. The van der Waals surface area contributed by atoms with Crippen molar-refractivity contribution in [3.8, 4) is 0 Å². The van der Waals surface area contributed by atoms with Gasteiger partial charge in [-0.05, 0) is 0 Å². The zero-order valence-corrected chi connectivity index (χ0v) is 4.69. The number of thiocarbonyl (C=S) groups is 1. The van der Waals surface area contributed by atoms with Crippen LogP contribution in [0.15, 0.2) is 0 Å². The van der Waals surface area contributed by atoms with E-state index in [2.05, 4.69) is 12.2 Å². The first-order valence-electron chi connectivity index (χ1n) is 2.20. The van der Waals surface area contributed by atoms with Crippen LogP contribution in [0.5, 0.6) is 0 Å². The van der Waals surface area contributed by atoms with Gasteiger partial charge in [0.25, 0.3) is 0 Å². The zero-order valence-electron chi connectivity index (χ0n) is 3.87. The molecule has 0 radical (unpaired) electrons. The summed E-state index contributed by atoms with van der Waals surface area (Å²) < 4.78 is 0. The highest BCUT2D eigenvalue weighted by Gasteiger charge is 2.20. The molecule has 1 aliphatic heterocycles. The topological polar surface area (TPSA) is 23.5 Å². The van der Waals surface area contributed by atoms with Crippen LogP contribution in [-0.4, -0.2) is 34.7 Å². The normalized spacial score (nSPS) is 21.6. The molecule has 0 saturated carbocycles. The second-order valence-corrected chi connectivity index (χ2v) is 1.92. The molecule has 0 aromatic carbocycles. The molecular formula is C4H7NOS. The summed E-state index contributed by atoms with van der Waals surface area (Å²) in [7, 11) is 0. The number of aliphatic hydroxyl groups is 1. The number of aliphatic hydroxyl groups excluding tert-OH is 1. The third kappa shape index (κ3) is 0.894. The molecule has 1 rings (SSSR count). The summed E-state index contributed by atoms with van der Waals surface area (Å²) in [6.45, 7) is 1.45. The number of hydrogen-bond acceptors (Lipinski definition) is 2. The number of β-amino-alcohol motifs (C(OH)–C–C–N with tert-alkyl or cyclic N) is 1. The Morgan fingerprint density at radius 3 is 2.43 bits per heavy atom. The fourth-order valence-electron chi connectivity index (χ4n) is 0.574. The Balaban J connectivity index is 2.17. The van der Waals surface area contributed by atoms with Crippen LogP contribution in [0, 0.1) is 0 Å². The molecule has 1 heterocycles. The van der Waals surface area contributed by atoms with Crippen molar-refractivity contribution in [2.75, 3.05) is 13.1 Å². The van der Waals surface area contributed by atoms with E-state index in [1.165, 1.54) is 0 Å². The lowest BCUT2D eigenvalue weighted by atomic mass is 10.2. The van der Waals surface area contributed by atoms with Crippen LogP contribution in [0.1, 0.15) is 0 Å². The lowest BCUT2D eigenvalue weighted by Gasteiger charge is -2.33. The van der Waals surface area contributed by atoms with Crippen molar-refractivity contribution >= 4 is 17.7 Å². The maximum Gasteiger partial charge on any atom is 0.0889 e. The highest BCUT2D eigenvalue weighted by Crippen LogP contribution is 2.02. The zero-order chi connectivity index (χ0) is 5.28. The second kappa shape index (κ2) is 1.76. The predicted octanol–water partition coefficient (Wildman–Crippen LogP) is -0.380. The molecule has 0 unspecified atom stereocenters. The second-order valence-electron chi connectivity index (χ2n) is 1.71. The van der Waals surface area contributed by atoms with Gasteiger partial charge in [0.15, 0.2) is 0 Å². The van der Waals surface area contributed by atoms with Gasteiger partial charge in [0.05, 0.1) is 11.6 Å². The van der Waals surface area contributed by atoms with E-state index in [-0.39, 0.29) is 6.10 Å². The van der Waals surface area contributed by atoms with Gasteiger partial charge in [-0.25, -0.2) is 0 Å². The first-order chi connectivity index (χ1) is 3.33. The highest BCUT2D eigenvalue weighted by molar-refractivity contribution is 7.78. The van der Waals surface area contributed by atoms with Crippen LogP contribution in [0.3, 0.4) is 0 Å². The molecule has 3 heteroatoms. The van der Waals surface area contributed by atoms with Crippen molar-refractivity contribution in [2.24, 2.45) is 0 Å². The third-order valence-corrected chi connectivity index (χ3v) is 1.34. The van der Waals surface area contributed by atoms with Crippen molar-refractivity contribution < 1.29 is 5.11 Å². The molecular weight excluding hydrogens is 110 g/mol. The number of nitrogens with zero attached hydrogens (tertiary/aromatic N) is 1. The summed E-state index contributed by atoms with van der Waals surface area (Å²) in [6.07, 6.45) is -0.126. The lowest BCUT2D eigenvalue weighted by Crippen LogP contribution is -2.49. The molecule has 0 spiro atoms. The average molecular weight is 117 g/mol. The first kappa shape index (κ1) is 5.00. The van der Waals surface area contributed by atoms with E-state index in [1.54, 1.807) is 5.49 Å². The van der Waals surface area contributed by atoms with Crippen molar-refractivity contribution in [3.63, 3.8) is 0 Å². The van der Waals surface area contributed by atoms with Crippen molar-refractivity contribution in [1.82, 2.24) is 4.90 Å². The van der Waals surface area contributed by atoms with Gasteiger partial charge >= 0.3 is 0 Å². The summed E-state index contributed by atoms with van der Waals surface area (Å²) >= 11 is 4.57. The average Bonchev–Trinajstić information content (AvgIpc) is 1.58. The fourth-order valence-corrected chi connectivity index (χ4v) is 0.746. The number of likely N-dealkylation sites (tertiary alicyclic amines) is 1. The van der Waals surface area contributed by atoms with E-state index >= 15 is 0 Å². The van der Waals surface area contributed by atoms with E-state index in [0.29, 0.717) is 0 Å². The first-order valence-corrected chi connectivity index (χ1v) is 2.67. The Morgan fingerprint density at radius 2 is 2.29 bits per heavy atom. The highest BCUT2D eigenvalue weighted by atomic mass is 32.1. The van der Waals surface area contributed by atoms with Gasteiger partial charge in [0, 0.05) is 13.1 Å². The van der Waals surface area contributed by atoms with Crippen molar-refractivity contribution in [1.29, 1.82) is 0 Å². The van der Waals surface area contributed by atoms with E-state index in [0.717, 1.165) is 13.1 Å². The van der Waals surface area contributed by atoms with Gasteiger partial charge in [0.2, 0.25) is 0 Å². The maximum atomic E-state index is 8.64. The monoisotopic (exact) mass is 117 g/mol. The molecule has 1 fully saturated rings. The largest absolute Gasteiger partial charge is 0.389 e. The Bertz CT molecular complexity index is 79.8. The molecule has 0 atom stereocenters. The van der Waals surface area contributed by atoms with Gasteiger partial charge in [-0.1, -0.05) is 12.2 Å². The minimum atomic E-state index is -0.126. The molecule has 0 bridgehead atoms. The number of hydrogen-bond donors (Lipinski definition) is 1. The van der Waals surface area contributed by atoms with Gasteiger partial charge in [-0.3, -0.25) is 0 Å². The molecule has 1 aliphatic rings. The summed E-state index contributed by atoms with van der Waals surface area (Å²) in [5.74, 6) is 0. The molecule has 1 saturated heterocycles. The molecule has 2 nitrogen and oxygen atoms in total. The Morgan fingerprint density at radius 1 is 1.71 bits per heavy atom. The van der Waals surface area contributed by atoms with E-state index < -0.39 is 0 Å². The summed E-state index contributed by atoms with van der Waals surface area (Å²) in [4.78, 5) is 1.89. The van der Waals surface area contributed by atoms with Crippen LogP contribution >= 0.6 is 12.2 Å². The Hall–Kier alpha value is -0.150. The smallest absolute Gasteiger partial charge is 0.0889 e. The maximum absolute atomic E-state index is 8.64. The third-order valence-electron chi connectivity index (χ3n) is 1.04. The summed E-state index contributed by atoms with van der Waals surface area (Å²) in [5, 5.41) is 8.64. The summed E-state index contributed by atoms with van der Waals surface area (Å²) in [6, 6.07) is 0. The molecule has 0 aromatic rings. The quantitative estimate of drug-likeness (QED) is 0.474. The van der Waals surface area contributed by atoms with Gasteiger partial charge in [-0.15, -0.1) is 0 Å². The van der Waals surface area contributed by atoms with Crippen LogP contribution in [0.4, 0.5) is 0 Å². The molecule has 40 valence electrons. The van der Waals surface area contributed by atoms with Crippen LogP contribution in [0.2, 0.25) is 0 Å². The molecule has 0 aliphatic carbocycles. The van der Waals surface area contributed by atoms with Crippen LogP contribution < -0.4 is 0 Å². The fraction of sp³-hybridized carbons (Fsp3) is 0.750. The summed E-state index contributed by atoms with van der Waals surface area (Å²) in [5.41, 5.74) is 1.58. The minimum Gasteiger partial charge on any atom is -0.389 e. The Labute approximate surface area is 47.7 Å². The van der Waals surface area contributed by atoms with E-state index in [1.807, 2.05) is 4.90 Å². The van der Waals surface area contributed by atoms with Crippen molar-refractivity contribution in [2.45, 2.75) is 6.10 Å². The van der Waals surface area contributed by atoms with Gasteiger partial charge < -0.3 is 10.0 Å². The lowest BCUT2D eigenvalue weighted by molar-refractivity contribution is 0.0512. The van der Waals surface area contributed by atoms with Gasteiger partial charge in [-0.2, -0.15) is 0 Å². The van der Waals surface area contributed by atoms with Crippen LogP contribution in [0.25, 0.3) is 0 Å². The van der Waals surface area contributed by atoms with E-state index in [4.69, 9.17) is 5.11 Å². The predicted molar refractivity (Wildman–Crippen MR) is 31.2 cm³/mol. The van der Waals surface area contributed by atoms with Gasteiger partial charge in [0.1, 0.15) is 0 Å². The molecule has 0 aromatic heterocycles.